The Morgan fingerprint density at radius 3 is 2.90 bits per heavy atom. The van der Waals surface area contributed by atoms with E-state index in [1.807, 2.05) is 6.07 Å². The minimum Gasteiger partial charge on any atom is -0.353 e. The first kappa shape index (κ1) is 14.3. The van der Waals surface area contributed by atoms with E-state index in [9.17, 15) is 4.79 Å². The molecular formula is C15H20N4OS. The van der Waals surface area contributed by atoms with Crippen molar-refractivity contribution in [2.75, 3.05) is 19.6 Å². The van der Waals surface area contributed by atoms with Crippen molar-refractivity contribution >= 4 is 17.2 Å². The third-order valence-corrected chi connectivity index (χ3v) is 4.78. The van der Waals surface area contributed by atoms with Crippen LogP contribution in [0.4, 0.5) is 0 Å². The minimum absolute atomic E-state index is 0.0134. The largest absolute Gasteiger partial charge is 0.353 e. The Bertz CT molecular complexity index is 546. The lowest BCUT2D eigenvalue weighted by Crippen LogP contribution is -2.37. The molecule has 0 aromatic carbocycles. The number of carbonyl (C=O) groups excluding carboxylic acids is 1. The van der Waals surface area contributed by atoms with Crippen LogP contribution in [0, 0.1) is 0 Å². The van der Waals surface area contributed by atoms with Gasteiger partial charge in [0.1, 0.15) is 6.54 Å². The number of rotatable bonds is 6. The topological polar surface area (TPSA) is 50.2 Å². The summed E-state index contributed by atoms with van der Waals surface area (Å²) in [6, 6.07) is 6.36. The second-order valence-electron chi connectivity index (χ2n) is 5.28. The fourth-order valence-corrected chi connectivity index (χ4v) is 3.61. The molecule has 2 aromatic heterocycles. The van der Waals surface area contributed by atoms with Gasteiger partial charge >= 0.3 is 0 Å². The van der Waals surface area contributed by atoms with Gasteiger partial charge in [0.25, 0.3) is 0 Å². The van der Waals surface area contributed by atoms with Crippen LogP contribution in [0.3, 0.4) is 0 Å². The van der Waals surface area contributed by atoms with Crippen LogP contribution < -0.4 is 5.32 Å². The number of nitrogens with one attached hydrogen (secondary N) is 1. The molecule has 2 aromatic rings. The second-order valence-corrected chi connectivity index (χ2v) is 6.26. The summed E-state index contributed by atoms with van der Waals surface area (Å²) in [5.41, 5.74) is 0. The summed E-state index contributed by atoms with van der Waals surface area (Å²) in [6.45, 7) is 3.19. The van der Waals surface area contributed by atoms with E-state index in [0.717, 1.165) is 13.1 Å². The molecule has 3 rings (SSSR count). The van der Waals surface area contributed by atoms with Crippen LogP contribution in [-0.2, 0) is 11.3 Å². The maximum absolute atomic E-state index is 12.0. The van der Waals surface area contributed by atoms with Crippen molar-refractivity contribution in [3.05, 3.63) is 40.8 Å². The highest BCUT2D eigenvalue weighted by molar-refractivity contribution is 7.10. The standard InChI is InChI=1S/C15H20N4OS/c20-15(12-19-9-4-6-17-19)16-11-13(14-5-3-10-21-14)18-7-1-2-8-18/h3-6,9-10,13H,1-2,7-8,11-12H2,(H,16,20)/t13-/m0/s1. The molecule has 1 aliphatic rings. The molecule has 0 aliphatic carbocycles. The number of thiophene rings is 1. The SMILES string of the molecule is O=C(Cn1cccn1)NC[C@@H](c1cccs1)N1CCCC1. The Labute approximate surface area is 128 Å². The fourth-order valence-electron chi connectivity index (χ4n) is 2.75. The fraction of sp³-hybridized carbons (Fsp3) is 0.467. The summed E-state index contributed by atoms with van der Waals surface area (Å²) in [4.78, 5) is 15.8. The Morgan fingerprint density at radius 2 is 2.24 bits per heavy atom. The Hall–Kier alpha value is -1.66. The molecule has 0 radical (unpaired) electrons. The summed E-state index contributed by atoms with van der Waals surface area (Å²) in [5, 5.41) is 9.21. The number of hydrogen-bond acceptors (Lipinski definition) is 4. The molecule has 1 aliphatic heterocycles. The Kier molecular flexibility index (Phi) is 4.67. The molecule has 0 saturated carbocycles. The Balaban J connectivity index is 1.58. The number of amides is 1. The van der Waals surface area contributed by atoms with Crippen molar-refractivity contribution < 1.29 is 4.79 Å². The number of likely N-dealkylation sites (tertiary alicyclic amines) is 1. The molecule has 0 bridgehead atoms. The average Bonchev–Trinajstić information content (AvgIpc) is 3.23. The highest BCUT2D eigenvalue weighted by Crippen LogP contribution is 2.27. The van der Waals surface area contributed by atoms with E-state index >= 15 is 0 Å². The smallest absolute Gasteiger partial charge is 0.241 e. The normalized spacial score (nSPS) is 17.0. The third-order valence-electron chi connectivity index (χ3n) is 3.81. The molecular weight excluding hydrogens is 284 g/mol. The van der Waals surface area contributed by atoms with Gasteiger partial charge in [-0.05, 0) is 43.4 Å². The Morgan fingerprint density at radius 1 is 1.38 bits per heavy atom. The average molecular weight is 304 g/mol. The molecule has 3 heterocycles. The molecule has 1 N–H and O–H groups in total. The van der Waals surface area contributed by atoms with Gasteiger partial charge in [-0.25, -0.2) is 0 Å². The van der Waals surface area contributed by atoms with Crippen LogP contribution in [0.15, 0.2) is 36.0 Å². The lowest BCUT2D eigenvalue weighted by molar-refractivity contribution is -0.122. The first-order chi connectivity index (χ1) is 10.3. The molecule has 1 fully saturated rings. The lowest BCUT2D eigenvalue weighted by atomic mass is 10.2. The van der Waals surface area contributed by atoms with Crippen molar-refractivity contribution in [1.82, 2.24) is 20.0 Å². The quantitative estimate of drug-likeness (QED) is 0.887. The summed E-state index contributed by atoms with van der Waals surface area (Å²) in [5.74, 6) is 0.0134. The highest BCUT2D eigenvalue weighted by Gasteiger charge is 2.24. The van der Waals surface area contributed by atoms with Crippen LogP contribution in [-0.4, -0.2) is 40.2 Å². The zero-order chi connectivity index (χ0) is 14.5. The van der Waals surface area contributed by atoms with Gasteiger partial charge in [0.2, 0.25) is 5.91 Å². The van der Waals surface area contributed by atoms with Gasteiger partial charge in [-0.15, -0.1) is 11.3 Å². The van der Waals surface area contributed by atoms with Crippen molar-refractivity contribution in [1.29, 1.82) is 0 Å². The van der Waals surface area contributed by atoms with E-state index in [4.69, 9.17) is 0 Å². The van der Waals surface area contributed by atoms with E-state index in [2.05, 4.69) is 32.8 Å². The number of carbonyl (C=O) groups is 1. The van der Waals surface area contributed by atoms with Crippen molar-refractivity contribution in [3.63, 3.8) is 0 Å². The van der Waals surface area contributed by atoms with Crippen molar-refractivity contribution in [3.8, 4) is 0 Å². The number of hydrogen-bond donors (Lipinski definition) is 1. The number of nitrogens with zero attached hydrogens (tertiary/aromatic N) is 3. The third kappa shape index (κ3) is 3.71. The molecule has 6 heteroatoms. The minimum atomic E-state index is 0.0134. The maximum Gasteiger partial charge on any atom is 0.241 e. The van der Waals surface area contributed by atoms with Gasteiger partial charge in [-0.3, -0.25) is 14.4 Å². The van der Waals surface area contributed by atoms with Gasteiger partial charge in [0.05, 0.1) is 6.04 Å². The van der Waals surface area contributed by atoms with Crippen molar-refractivity contribution in [2.45, 2.75) is 25.4 Å². The maximum atomic E-state index is 12.0. The summed E-state index contributed by atoms with van der Waals surface area (Å²) in [7, 11) is 0. The molecule has 1 atom stereocenters. The zero-order valence-electron chi connectivity index (χ0n) is 11.9. The summed E-state index contributed by atoms with van der Waals surface area (Å²) >= 11 is 1.76. The van der Waals surface area contributed by atoms with Gasteiger partial charge in [-0.1, -0.05) is 6.07 Å². The van der Waals surface area contributed by atoms with Gasteiger partial charge in [-0.2, -0.15) is 5.10 Å². The van der Waals surface area contributed by atoms with Crippen LogP contribution in [0.25, 0.3) is 0 Å². The van der Waals surface area contributed by atoms with E-state index in [0.29, 0.717) is 12.6 Å². The van der Waals surface area contributed by atoms with Crippen molar-refractivity contribution in [2.24, 2.45) is 0 Å². The molecule has 1 amide bonds. The van der Waals surface area contributed by atoms with Gasteiger partial charge in [0, 0.05) is 23.8 Å². The highest BCUT2D eigenvalue weighted by atomic mass is 32.1. The van der Waals surface area contributed by atoms with Gasteiger partial charge < -0.3 is 5.32 Å². The zero-order valence-corrected chi connectivity index (χ0v) is 12.8. The first-order valence-electron chi connectivity index (χ1n) is 7.34. The summed E-state index contributed by atoms with van der Waals surface area (Å²) < 4.78 is 1.64. The summed E-state index contributed by atoms with van der Waals surface area (Å²) in [6.07, 6.45) is 6.00. The molecule has 1 saturated heterocycles. The second kappa shape index (κ2) is 6.87. The van der Waals surface area contributed by atoms with E-state index in [1.54, 1.807) is 28.4 Å². The molecule has 0 spiro atoms. The van der Waals surface area contributed by atoms with Gasteiger partial charge in [0.15, 0.2) is 0 Å². The van der Waals surface area contributed by atoms with E-state index in [1.165, 1.54) is 17.7 Å². The lowest BCUT2D eigenvalue weighted by Gasteiger charge is -2.26. The molecule has 0 unspecified atom stereocenters. The van der Waals surface area contributed by atoms with Crippen LogP contribution in [0.2, 0.25) is 0 Å². The van der Waals surface area contributed by atoms with Crippen LogP contribution in [0.5, 0.6) is 0 Å². The van der Waals surface area contributed by atoms with Crippen LogP contribution >= 0.6 is 11.3 Å². The van der Waals surface area contributed by atoms with E-state index < -0.39 is 0 Å². The molecule has 21 heavy (non-hydrogen) atoms. The first-order valence-corrected chi connectivity index (χ1v) is 8.22. The van der Waals surface area contributed by atoms with Crippen LogP contribution in [0.1, 0.15) is 23.8 Å². The monoisotopic (exact) mass is 304 g/mol. The molecule has 112 valence electrons. The number of aromatic nitrogens is 2. The van der Waals surface area contributed by atoms with E-state index in [-0.39, 0.29) is 12.5 Å². The predicted octanol–water partition coefficient (Wildman–Crippen LogP) is 1.90. The molecule has 5 nitrogen and oxygen atoms in total. The predicted molar refractivity (Wildman–Crippen MR) is 83.1 cm³/mol.